The van der Waals surface area contributed by atoms with Gasteiger partial charge in [-0.2, -0.15) is 0 Å². The zero-order chi connectivity index (χ0) is 15.9. The third-order valence-corrected chi connectivity index (χ3v) is 3.75. The monoisotopic (exact) mass is 304 g/mol. The summed E-state index contributed by atoms with van der Waals surface area (Å²) in [6.45, 7) is 0.570. The Morgan fingerprint density at radius 1 is 0.870 bits per heavy atom. The van der Waals surface area contributed by atoms with E-state index in [0.717, 1.165) is 23.6 Å². The molecule has 1 aromatic heterocycles. The van der Waals surface area contributed by atoms with Crippen LogP contribution >= 0.6 is 0 Å². The second-order valence-electron chi connectivity index (χ2n) is 5.45. The number of rotatable bonds is 6. The van der Waals surface area contributed by atoms with E-state index < -0.39 is 0 Å². The lowest BCUT2D eigenvalue weighted by atomic mass is 9.95. The highest BCUT2D eigenvalue weighted by Gasteiger charge is 2.12. The van der Waals surface area contributed by atoms with Crippen LogP contribution in [0.25, 0.3) is 0 Å². The molecular formula is C20H20N2O. The number of nitrogens with two attached hydrogens (primary N) is 1. The average Bonchev–Trinajstić information content (AvgIpc) is 2.62. The third-order valence-electron chi connectivity index (χ3n) is 3.75. The van der Waals surface area contributed by atoms with E-state index >= 15 is 0 Å². The molecule has 3 heteroatoms. The van der Waals surface area contributed by atoms with Gasteiger partial charge in [-0.1, -0.05) is 36.4 Å². The Morgan fingerprint density at radius 3 is 2.39 bits per heavy atom. The van der Waals surface area contributed by atoms with Gasteiger partial charge in [0.05, 0.1) is 0 Å². The molecule has 3 nitrogen and oxygen atoms in total. The number of pyridine rings is 1. The van der Waals surface area contributed by atoms with Gasteiger partial charge in [-0.25, -0.2) is 0 Å². The lowest BCUT2D eigenvalue weighted by Crippen LogP contribution is -2.16. The lowest BCUT2D eigenvalue weighted by molar-refractivity contribution is 0.481. The molecule has 0 saturated carbocycles. The van der Waals surface area contributed by atoms with Crippen LogP contribution < -0.4 is 10.5 Å². The molecular weight excluding hydrogens is 284 g/mol. The van der Waals surface area contributed by atoms with E-state index in [0.29, 0.717) is 6.54 Å². The smallest absolute Gasteiger partial charge is 0.127 e. The van der Waals surface area contributed by atoms with E-state index in [4.69, 9.17) is 10.5 Å². The van der Waals surface area contributed by atoms with Gasteiger partial charge in [0.25, 0.3) is 0 Å². The lowest BCUT2D eigenvalue weighted by Gasteiger charge is -2.15. The average molecular weight is 304 g/mol. The van der Waals surface area contributed by atoms with Gasteiger partial charge in [-0.15, -0.1) is 0 Å². The number of benzene rings is 2. The second kappa shape index (κ2) is 7.56. The summed E-state index contributed by atoms with van der Waals surface area (Å²) in [6, 6.07) is 23.9. The van der Waals surface area contributed by atoms with Crippen molar-refractivity contribution < 1.29 is 4.74 Å². The fourth-order valence-electron chi connectivity index (χ4n) is 2.57. The fourth-order valence-corrected chi connectivity index (χ4v) is 2.57. The zero-order valence-electron chi connectivity index (χ0n) is 12.9. The molecule has 0 bridgehead atoms. The maximum atomic E-state index is 5.94. The molecule has 0 aliphatic rings. The summed E-state index contributed by atoms with van der Waals surface area (Å²) < 4.78 is 5.89. The quantitative estimate of drug-likeness (QED) is 0.744. The van der Waals surface area contributed by atoms with Crippen LogP contribution in [0.1, 0.15) is 17.2 Å². The molecule has 3 rings (SSSR count). The standard InChI is InChI=1S/C20H20N2O/c21-15-17(20-11-4-5-12-22-20)13-16-7-6-10-19(14-16)23-18-8-2-1-3-9-18/h1-12,14,17H,13,15,21H2. The fraction of sp³-hybridized carbons (Fsp3) is 0.150. The minimum absolute atomic E-state index is 0.211. The third kappa shape index (κ3) is 4.18. The molecule has 0 spiro atoms. The normalized spacial score (nSPS) is 11.9. The minimum atomic E-state index is 0.211. The van der Waals surface area contributed by atoms with Crippen LogP contribution in [0.2, 0.25) is 0 Å². The molecule has 0 aliphatic carbocycles. The molecule has 0 fully saturated rings. The SMILES string of the molecule is NCC(Cc1cccc(Oc2ccccc2)c1)c1ccccn1. The van der Waals surface area contributed by atoms with E-state index in [1.165, 1.54) is 5.56 Å². The Hall–Kier alpha value is -2.65. The highest BCUT2D eigenvalue weighted by molar-refractivity contribution is 5.34. The molecule has 1 atom stereocenters. The maximum absolute atomic E-state index is 5.94. The molecule has 0 aliphatic heterocycles. The van der Waals surface area contributed by atoms with Gasteiger partial charge in [0.2, 0.25) is 0 Å². The van der Waals surface area contributed by atoms with Crippen molar-refractivity contribution in [2.24, 2.45) is 5.73 Å². The van der Waals surface area contributed by atoms with Crippen molar-refractivity contribution in [2.75, 3.05) is 6.54 Å². The van der Waals surface area contributed by atoms with Gasteiger partial charge < -0.3 is 10.5 Å². The first kappa shape index (κ1) is 15.3. The molecule has 3 aromatic rings. The first-order chi connectivity index (χ1) is 11.3. The molecule has 1 heterocycles. The van der Waals surface area contributed by atoms with Crippen LogP contribution in [-0.2, 0) is 6.42 Å². The van der Waals surface area contributed by atoms with Crippen LogP contribution in [0.3, 0.4) is 0 Å². The van der Waals surface area contributed by atoms with Gasteiger partial charge in [-0.05, 0) is 48.4 Å². The van der Waals surface area contributed by atoms with Gasteiger partial charge in [0, 0.05) is 24.4 Å². The molecule has 116 valence electrons. The Bertz CT molecular complexity index is 729. The highest BCUT2D eigenvalue weighted by atomic mass is 16.5. The summed E-state index contributed by atoms with van der Waals surface area (Å²) >= 11 is 0. The Kier molecular flexibility index (Phi) is 5.02. The molecule has 23 heavy (non-hydrogen) atoms. The maximum Gasteiger partial charge on any atom is 0.127 e. The number of ether oxygens (including phenoxy) is 1. The van der Waals surface area contributed by atoms with Crippen molar-refractivity contribution in [3.05, 3.63) is 90.3 Å². The number of para-hydroxylation sites is 1. The summed E-state index contributed by atoms with van der Waals surface area (Å²) in [7, 11) is 0. The topological polar surface area (TPSA) is 48.1 Å². The Labute approximate surface area is 136 Å². The van der Waals surface area contributed by atoms with Crippen molar-refractivity contribution in [2.45, 2.75) is 12.3 Å². The molecule has 2 N–H and O–H groups in total. The van der Waals surface area contributed by atoms with Crippen molar-refractivity contribution >= 4 is 0 Å². The minimum Gasteiger partial charge on any atom is -0.457 e. The molecule has 0 radical (unpaired) electrons. The van der Waals surface area contributed by atoms with Gasteiger partial charge in [0.1, 0.15) is 11.5 Å². The number of hydrogen-bond acceptors (Lipinski definition) is 3. The molecule has 0 amide bonds. The predicted molar refractivity (Wildman–Crippen MR) is 92.7 cm³/mol. The van der Waals surface area contributed by atoms with E-state index in [9.17, 15) is 0 Å². The summed E-state index contributed by atoms with van der Waals surface area (Å²) in [5.41, 5.74) is 8.17. The Balaban J connectivity index is 1.74. The van der Waals surface area contributed by atoms with E-state index in [-0.39, 0.29) is 5.92 Å². The first-order valence-corrected chi connectivity index (χ1v) is 7.78. The summed E-state index contributed by atoms with van der Waals surface area (Å²) in [5.74, 6) is 1.89. The van der Waals surface area contributed by atoms with Crippen molar-refractivity contribution in [1.82, 2.24) is 4.98 Å². The van der Waals surface area contributed by atoms with Crippen LogP contribution in [0.4, 0.5) is 0 Å². The molecule has 2 aromatic carbocycles. The summed E-state index contributed by atoms with van der Waals surface area (Å²) in [5, 5.41) is 0. The Morgan fingerprint density at radius 2 is 1.65 bits per heavy atom. The highest BCUT2D eigenvalue weighted by Crippen LogP contribution is 2.24. The molecule has 1 unspecified atom stereocenters. The molecule has 0 saturated heterocycles. The summed E-state index contributed by atoms with van der Waals surface area (Å²) in [4.78, 5) is 4.42. The number of nitrogens with zero attached hydrogens (tertiary/aromatic N) is 1. The summed E-state index contributed by atoms with van der Waals surface area (Å²) in [6.07, 6.45) is 2.66. The second-order valence-corrected chi connectivity index (χ2v) is 5.45. The van der Waals surface area contributed by atoms with Gasteiger partial charge in [-0.3, -0.25) is 4.98 Å². The van der Waals surface area contributed by atoms with Crippen molar-refractivity contribution in [3.8, 4) is 11.5 Å². The largest absolute Gasteiger partial charge is 0.457 e. The van der Waals surface area contributed by atoms with Crippen LogP contribution in [0.15, 0.2) is 79.0 Å². The zero-order valence-corrected chi connectivity index (χ0v) is 12.9. The van der Waals surface area contributed by atoms with Crippen LogP contribution in [0, 0.1) is 0 Å². The van der Waals surface area contributed by atoms with Crippen molar-refractivity contribution in [3.63, 3.8) is 0 Å². The van der Waals surface area contributed by atoms with E-state index in [2.05, 4.69) is 17.1 Å². The van der Waals surface area contributed by atoms with Gasteiger partial charge in [0.15, 0.2) is 0 Å². The van der Waals surface area contributed by atoms with Crippen molar-refractivity contribution in [1.29, 1.82) is 0 Å². The van der Waals surface area contributed by atoms with Crippen LogP contribution in [0.5, 0.6) is 11.5 Å². The van der Waals surface area contributed by atoms with E-state index in [1.54, 1.807) is 0 Å². The van der Waals surface area contributed by atoms with E-state index in [1.807, 2.05) is 66.9 Å². The van der Waals surface area contributed by atoms with Crippen LogP contribution in [-0.4, -0.2) is 11.5 Å². The first-order valence-electron chi connectivity index (χ1n) is 7.78. The number of hydrogen-bond donors (Lipinski definition) is 1. The predicted octanol–water partition coefficient (Wildman–Crippen LogP) is 4.16. The number of aromatic nitrogens is 1. The van der Waals surface area contributed by atoms with Gasteiger partial charge >= 0.3 is 0 Å².